The second-order valence-corrected chi connectivity index (χ2v) is 1.19. The van der Waals surface area contributed by atoms with Crippen LogP contribution in [0.2, 0.25) is 0 Å². The largest absolute Gasteiger partial charge is 0.225 e. The first kappa shape index (κ1) is 8.01. The van der Waals surface area contributed by atoms with E-state index in [9.17, 15) is 0 Å². The summed E-state index contributed by atoms with van der Waals surface area (Å²) in [5.74, 6) is 0.759. The normalized spacial score (nSPS) is 7.44. The Hall–Kier alpha value is -0.990. The second-order valence-electron chi connectivity index (χ2n) is 1.19. The van der Waals surface area contributed by atoms with Crippen molar-refractivity contribution in [3.63, 3.8) is 0 Å². The van der Waals surface area contributed by atoms with E-state index in [0.717, 1.165) is 5.82 Å². The fourth-order valence-electron chi connectivity index (χ4n) is 0.297. The first-order chi connectivity index (χ1) is 4.39. The van der Waals surface area contributed by atoms with E-state index in [4.69, 9.17) is 0 Å². The van der Waals surface area contributed by atoms with E-state index in [1.807, 2.05) is 20.8 Å². The molecule has 0 aromatic carbocycles. The van der Waals surface area contributed by atoms with Gasteiger partial charge in [0, 0.05) is 0 Å². The number of hydrogen-bond donors (Lipinski definition) is 0. The van der Waals surface area contributed by atoms with Crippen LogP contribution in [0.3, 0.4) is 0 Å². The Morgan fingerprint density at radius 3 is 1.78 bits per heavy atom. The highest BCUT2D eigenvalue weighted by Gasteiger charge is 1.75. The van der Waals surface area contributed by atoms with Gasteiger partial charge in [-0.15, -0.1) is 0 Å². The number of rotatable bonds is 0. The van der Waals surface area contributed by atoms with Crippen molar-refractivity contribution in [2.75, 3.05) is 0 Å². The summed E-state index contributed by atoms with van der Waals surface area (Å²) in [7, 11) is 0. The lowest BCUT2D eigenvalue weighted by atomic mass is 10.7. The van der Waals surface area contributed by atoms with Crippen LogP contribution in [-0.4, -0.2) is 15.0 Å². The zero-order valence-electron chi connectivity index (χ0n) is 6.00. The molecule has 50 valence electrons. The van der Waals surface area contributed by atoms with Crippen LogP contribution < -0.4 is 0 Å². The number of aromatic nitrogens is 3. The molecule has 9 heavy (non-hydrogen) atoms. The third-order valence-electron chi connectivity index (χ3n) is 0.622. The fourth-order valence-corrected chi connectivity index (χ4v) is 0.297. The van der Waals surface area contributed by atoms with Gasteiger partial charge in [0.15, 0.2) is 0 Å². The Labute approximate surface area is 55.2 Å². The number of aryl methyl sites for hydroxylation is 1. The van der Waals surface area contributed by atoms with Gasteiger partial charge in [-0.25, -0.2) is 15.0 Å². The van der Waals surface area contributed by atoms with Crippen LogP contribution in [0, 0.1) is 6.92 Å². The van der Waals surface area contributed by atoms with Crippen LogP contribution in [0.5, 0.6) is 0 Å². The van der Waals surface area contributed by atoms with Gasteiger partial charge in [0.25, 0.3) is 0 Å². The quantitative estimate of drug-likeness (QED) is 0.523. The molecule has 0 fully saturated rings. The van der Waals surface area contributed by atoms with Crippen LogP contribution in [0.15, 0.2) is 12.7 Å². The predicted molar refractivity (Wildman–Crippen MR) is 35.9 cm³/mol. The van der Waals surface area contributed by atoms with Crippen LogP contribution in [-0.2, 0) is 0 Å². The first-order valence-corrected chi connectivity index (χ1v) is 2.98. The van der Waals surface area contributed by atoms with Crippen LogP contribution in [0.4, 0.5) is 0 Å². The highest BCUT2D eigenvalue weighted by molar-refractivity contribution is 4.73. The van der Waals surface area contributed by atoms with Gasteiger partial charge in [-0.2, -0.15) is 0 Å². The zero-order valence-corrected chi connectivity index (χ0v) is 6.00. The maximum atomic E-state index is 3.76. The van der Waals surface area contributed by atoms with Crippen molar-refractivity contribution in [2.24, 2.45) is 0 Å². The highest BCUT2D eigenvalue weighted by Crippen LogP contribution is 1.74. The summed E-state index contributed by atoms with van der Waals surface area (Å²) in [6, 6.07) is 0. The average Bonchev–Trinajstić information content (AvgIpc) is 1.94. The van der Waals surface area contributed by atoms with Gasteiger partial charge >= 0.3 is 0 Å². The molecular formula is C6H11N3. The van der Waals surface area contributed by atoms with Gasteiger partial charge < -0.3 is 0 Å². The highest BCUT2D eigenvalue weighted by atomic mass is 15.0. The molecule has 1 aromatic rings. The van der Waals surface area contributed by atoms with Gasteiger partial charge in [-0.3, -0.25) is 0 Å². The standard InChI is InChI=1S/C4H5N3.C2H6/c1-4-6-2-5-3-7-4;1-2/h2-3H,1H3;1-2H3. The van der Waals surface area contributed by atoms with Crippen molar-refractivity contribution < 1.29 is 0 Å². The lowest BCUT2D eigenvalue weighted by Crippen LogP contribution is -1.84. The molecule has 0 amide bonds. The summed E-state index contributed by atoms with van der Waals surface area (Å²) in [6.07, 6.45) is 2.95. The van der Waals surface area contributed by atoms with Gasteiger partial charge in [-0.1, -0.05) is 13.8 Å². The molecular weight excluding hydrogens is 114 g/mol. The molecule has 0 radical (unpaired) electrons. The van der Waals surface area contributed by atoms with E-state index in [2.05, 4.69) is 15.0 Å². The van der Waals surface area contributed by atoms with E-state index in [1.165, 1.54) is 12.7 Å². The molecule has 0 N–H and O–H groups in total. The summed E-state index contributed by atoms with van der Waals surface area (Å²) < 4.78 is 0. The molecule has 0 saturated carbocycles. The Morgan fingerprint density at radius 1 is 1.11 bits per heavy atom. The maximum absolute atomic E-state index is 3.76. The fraction of sp³-hybridized carbons (Fsp3) is 0.500. The Morgan fingerprint density at radius 2 is 1.56 bits per heavy atom. The minimum atomic E-state index is 0.759. The predicted octanol–water partition coefficient (Wildman–Crippen LogP) is 1.21. The number of hydrogen-bond acceptors (Lipinski definition) is 3. The average molecular weight is 125 g/mol. The van der Waals surface area contributed by atoms with Crippen molar-refractivity contribution >= 4 is 0 Å². The molecule has 0 aliphatic rings. The first-order valence-electron chi connectivity index (χ1n) is 2.98. The summed E-state index contributed by atoms with van der Waals surface area (Å²) in [5, 5.41) is 0. The molecule has 3 nitrogen and oxygen atoms in total. The molecule has 0 aliphatic carbocycles. The minimum Gasteiger partial charge on any atom is -0.225 e. The molecule has 0 saturated heterocycles. The van der Waals surface area contributed by atoms with Gasteiger partial charge in [0.2, 0.25) is 0 Å². The smallest absolute Gasteiger partial charge is 0.128 e. The molecule has 3 heteroatoms. The molecule has 0 unspecified atom stereocenters. The van der Waals surface area contributed by atoms with Crippen molar-refractivity contribution in [2.45, 2.75) is 20.8 Å². The molecule has 0 atom stereocenters. The molecule has 1 aromatic heterocycles. The van der Waals surface area contributed by atoms with Crippen molar-refractivity contribution in [1.29, 1.82) is 0 Å². The topological polar surface area (TPSA) is 38.7 Å². The van der Waals surface area contributed by atoms with E-state index >= 15 is 0 Å². The molecule has 1 heterocycles. The monoisotopic (exact) mass is 125 g/mol. The summed E-state index contributed by atoms with van der Waals surface area (Å²) in [4.78, 5) is 11.1. The van der Waals surface area contributed by atoms with Gasteiger partial charge in [0.05, 0.1) is 0 Å². The van der Waals surface area contributed by atoms with Crippen molar-refractivity contribution in [1.82, 2.24) is 15.0 Å². The lowest BCUT2D eigenvalue weighted by molar-refractivity contribution is 0.974. The van der Waals surface area contributed by atoms with Gasteiger partial charge in [-0.05, 0) is 6.92 Å². The molecule has 1 rings (SSSR count). The Kier molecular flexibility index (Phi) is 4.59. The molecule has 0 spiro atoms. The maximum Gasteiger partial charge on any atom is 0.128 e. The summed E-state index contributed by atoms with van der Waals surface area (Å²) >= 11 is 0. The van der Waals surface area contributed by atoms with E-state index in [0.29, 0.717) is 0 Å². The summed E-state index contributed by atoms with van der Waals surface area (Å²) in [5.41, 5.74) is 0. The van der Waals surface area contributed by atoms with E-state index in [-0.39, 0.29) is 0 Å². The zero-order chi connectivity index (χ0) is 7.11. The lowest BCUT2D eigenvalue weighted by Gasteiger charge is -1.80. The van der Waals surface area contributed by atoms with Crippen LogP contribution in [0.25, 0.3) is 0 Å². The Bertz CT molecular complexity index is 138. The summed E-state index contributed by atoms with van der Waals surface area (Å²) in [6.45, 7) is 5.82. The van der Waals surface area contributed by atoms with Crippen LogP contribution in [0.1, 0.15) is 19.7 Å². The van der Waals surface area contributed by atoms with Crippen LogP contribution >= 0.6 is 0 Å². The molecule has 0 aliphatic heterocycles. The second kappa shape index (κ2) is 5.15. The van der Waals surface area contributed by atoms with E-state index < -0.39 is 0 Å². The third-order valence-corrected chi connectivity index (χ3v) is 0.622. The third kappa shape index (κ3) is 3.58. The Balaban J connectivity index is 0.000000291. The SMILES string of the molecule is CC.Cc1ncncn1. The van der Waals surface area contributed by atoms with E-state index in [1.54, 1.807) is 0 Å². The van der Waals surface area contributed by atoms with Gasteiger partial charge in [0.1, 0.15) is 18.5 Å². The van der Waals surface area contributed by atoms with Crippen molar-refractivity contribution in [3.8, 4) is 0 Å². The number of nitrogens with zero attached hydrogens (tertiary/aromatic N) is 3. The minimum absolute atomic E-state index is 0.759. The van der Waals surface area contributed by atoms with Crippen molar-refractivity contribution in [3.05, 3.63) is 18.5 Å². The molecule has 0 bridgehead atoms.